The van der Waals surface area contributed by atoms with Crippen LogP contribution in [-0.2, 0) is 0 Å². The van der Waals surface area contributed by atoms with Gasteiger partial charge in [-0.1, -0.05) is 11.6 Å². The molecule has 0 aliphatic carbocycles. The van der Waals surface area contributed by atoms with E-state index < -0.39 is 0 Å². The van der Waals surface area contributed by atoms with Crippen LogP contribution in [0, 0.1) is 6.92 Å². The van der Waals surface area contributed by atoms with Gasteiger partial charge in [-0.3, -0.25) is 0 Å². The van der Waals surface area contributed by atoms with Crippen molar-refractivity contribution in [3.8, 4) is 0 Å². The fraction of sp³-hybridized carbons (Fsp3) is 0.400. The fourth-order valence-corrected chi connectivity index (χ4v) is 1.90. The number of rotatable bonds is 1. The molecule has 1 fully saturated rings. The molecule has 1 aromatic carbocycles. The van der Waals surface area contributed by atoms with E-state index in [0.29, 0.717) is 6.04 Å². The Morgan fingerprint density at radius 1 is 1.54 bits per heavy atom. The summed E-state index contributed by atoms with van der Waals surface area (Å²) in [5.41, 5.74) is 9.05. The van der Waals surface area contributed by atoms with Gasteiger partial charge in [0.05, 0.1) is 0 Å². The average molecular weight is 197 g/mol. The second kappa shape index (κ2) is 3.20. The quantitative estimate of drug-likeness (QED) is 0.677. The van der Waals surface area contributed by atoms with E-state index in [-0.39, 0.29) is 0 Å². The van der Waals surface area contributed by atoms with E-state index in [1.54, 1.807) is 0 Å². The third-order valence-corrected chi connectivity index (χ3v) is 2.80. The number of aryl methyl sites for hydroxylation is 1. The molecule has 0 aromatic heterocycles. The zero-order valence-corrected chi connectivity index (χ0v) is 8.36. The Balaban J connectivity index is 2.42. The van der Waals surface area contributed by atoms with Gasteiger partial charge in [-0.15, -0.1) is 0 Å². The minimum atomic E-state index is 0.414. The maximum Gasteiger partial charge on any atom is 0.0413 e. The molecule has 1 aliphatic heterocycles. The van der Waals surface area contributed by atoms with E-state index in [0.717, 1.165) is 34.8 Å². The number of nitrogen functional groups attached to an aromatic ring is 1. The lowest BCUT2D eigenvalue weighted by Crippen LogP contribution is -2.35. The van der Waals surface area contributed by atoms with Gasteiger partial charge in [0.2, 0.25) is 0 Å². The number of halogens is 1. The van der Waals surface area contributed by atoms with Crippen molar-refractivity contribution < 1.29 is 0 Å². The van der Waals surface area contributed by atoms with Crippen LogP contribution in [0.25, 0.3) is 0 Å². The molecule has 1 aromatic rings. The summed E-state index contributed by atoms with van der Waals surface area (Å²) < 4.78 is 0. The highest BCUT2D eigenvalue weighted by atomic mass is 35.5. The SMILES string of the molecule is Cc1cc(Cl)cc([C@H]2CCN2)c1N. The number of anilines is 1. The van der Waals surface area contributed by atoms with E-state index in [4.69, 9.17) is 17.3 Å². The van der Waals surface area contributed by atoms with Gasteiger partial charge in [0, 0.05) is 16.8 Å². The summed E-state index contributed by atoms with van der Waals surface area (Å²) in [7, 11) is 0. The number of benzene rings is 1. The summed E-state index contributed by atoms with van der Waals surface area (Å²) in [5, 5.41) is 4.09. The minimum absolute atomic E-state index is 0.414. The van der Waals surface area contributed by atoms with Crippen molar-refractivity contribution in [3.05, 3.63) is 28.3 Å². The van der Waals surface area contributed by atoms with Gasteiger partial charge in [-0.05, 0) is 43.1 Å². The summed E-state index contributed by atoms with van der Waals surface area (Å²) >= 11 is 5.96. The molecule has 3 heteroatoms. The molecule has 0 spiro atoms. The Hall–Kier alpha value is -0.730. The molecular formula is C10H13ClN2. The lowest BCUT2D eigenvalue weighted by Gasteiger charge is -2.29. The molecule has 0 bridgehead atoms. The number of hydrogen-bond donors (Lipinski definition) is 2. The first kappa shape index (κ1) is 8.85. The molecule has 0 amide bonds. The van der Waals surface area contributed by atoms with Crippen LogP contribution in [0.3, 0.4) is 0 Å². The monoisotopic (exact) mass is 196 g/mol. The van der Waals surface area contributed by atoms with E-state index >= 15 is 0 Å². The van der Waals surface area contributed by atoms with Crippen molar-refractivity contribution >= 4 is 17.3 Å². The maximum absolute atomic E-state index is 5.96. The smallest absolute Gasteiger partial charge is 0.0413 e. The van der Waals surface area contributed by atoms with Crippen molar-refractivity contribution in [2.45, 2.75) is 19.4 Å². The lowest BCUT2D eigenvalue weighted by molar-refractivity contribution is 0.384. The molecule has 2 rings (SSSR count). The number of nitrogens with two attached hydrogens (primary N) is 1. The van der Waals surface area contributed by atoms with Crippen molar-refractivity contribution in [2.75, 3.05) is 12.3 Å². The summed E-state index contributed by atoms with van der Waals surface area (Å²) in [6.07, 6.45) is 1.16. The van der Waals surface area contributed by atoms with Crippen LogP contribution in [0.4, 0.5) is 5.69 Å². The predicted octanol–water partition coefficient (Wildman–Crippen LogP) is 2.27. The Kier molecular flexibility index (Phi) is 2.18. The molecule has 70 valence electrons. The zero-order valence-electron chi connectivity index (χ0n) is 7.60. The van der Waals surface area contributed by atoms with Crippen LogP contribution in [0.1, 0.15) is 23.6 Å². The topological polar surface area (TPSA) is 38.0 Å². The molecule has 0 radical (unpaired) electrons. The molecule has 2 nitrogen and oxygen atoms in total. The average Bonchev–Trinajstić information content (AvgIpc) is 1.95. The maximum atomic E-state index is 5.96. The number of nitrogens with one attached hydrogen (secondary N) is 1. The third kappa shape index (κ3) is 1.52. The molecule has 1 saturated heterocycles. The van der Waals surface area contributed by atoms with E-state index in [9.17, 15) is 0 Å². The first-order valence-corrected chi connectivity index (χ1v) is 4.85. The van der Waals surface area contributed by atoms with Crippen molar-refractivity contribution in [2.24, 2.45) is 0 Å². The van der Waals surface area contributed by atoms with Crippen LogP contribution in [-0.4, -0.2) is 6.54 Å². The van der Waals surface area contributed by atoms with E-state index in [1.165, 1.54) is 0 Å². The Bertz CT molecular complexity index is 332. The Morgan fingerprint density at radius 2 is 2.23 bits per heavy atom. The normalized spacial score (nSPS) is 21.2. The molecule has 1 heterocycles. The summed E-state index contributed by atoms with van der Waals surface area (Å²) in [6, 6.07) is 4.28. The zero-order chi connectivity index (χ0) is 9.42. The van der Waals surface area contributed by atoms with Crippen LogP contribution in [0.5, 0.6) is 0 Å². The lowest BCUT2D eigenvalue weighted by atomic mass is 9.95. The van der Waals surface area contributed by atoms with Crippen molar-refractivity contribution in [1.82, 2.24) is 5.32 Å². The second-order valence-electron chi connectivity index (χ2n) is 3.52. The number of hydrogen-bond acceptors (Lipinski definition) is 2. The summed E-state index contributed by atoms with van der Waals surface area (Å²) in [6.45, 7) is 3.07. The summed E-state index contributed by atoms with van der Waals surface area (Å²) in [4.78, 5) is 0. The van der Waals surface area contributed by atoms with Crippen LogP contribution in [0.15, 0.2) is 12.1 Å². The van der Waals surface area contributed by atoms with E-state index in [2.05, 4.69) is 5.32 Å². The van der Waals surface area contributed by atoms with Crippen LogP contribution >= 0.6 is 11.6 Å². The van der Waals surface area contributed by atoms with Crippen molar-refractivity contribution in [3.63, 3.8) is 0 Å². The first-order chi connectivity index (χ1) is 6.18. The van der Waals surface area contributed by atoms with Gasteiger partial charge in [0.15, 0.2) is 0 Å². The highest BCUT2D eigenvalue weighted by Crippen LogP contribution is 2.32. The molecule has 0 saturated carbocycles. The second-order valence-corrected chi connectivity index (χ2v) is 3.96. The molecule has 1 aliphatic rings. The van der Waals surface area contributed by atoms with Gasteiger partial charge >= 0.3 is 0 Å². The minimum Gasteiger partial charge on any atom is -0.398 e. The fourth-order valence-electron chi connectivity index (χ4n) is 1.62. The first-order valence-electron chi connectivity index (χ1n) is 4.47. The van der Waals surface area contributed by atoms with Crippen molar-refractivity contribution in [1.29, 1.82) is 0 Å². The summed E-state index contributed by atoms with van der Waals surface area (Å²) in [5.74, 6) is 0. The molecular weight excluding hydrogens is 184 g/mol. The molecule has 3 N–H and O–H groups in total. The van der Waals surface area contributed by atoms with Crippen LogP contribution in [0.2, 0.25) is 5.02 Å². The van der Waals surface area contributed by atoms with Gasteiger partial charge in [-0.25, -0.2) is 0 Å². The molecule has 13 heavy (non-hydrogen) atoms. The van der Waals surface area contributed by atoms with E-state index in [1.807, 2.05) is 19.1 Å². The predicted molar refractivity (Wildman–Crippen MR) is 56.0 cm³/mol. The Labute approximate surface area is 83.1 Å². The largest absolute Gasteiger partial charge is 0.398 e. The standard InChI is InChI=1S/C10H13ClN2/c1-6-4-7(11)5-8(10(6)12)9-2-3-13-9/h4-5,9,13H,2-3,12H2,1H3/t9-/m1/s1. The van der Waals surface area contributed by atoms with Gasteiger partial charge in [-0.2, -0.15) is 0 Å². The molecule has 0 unspecified atom stereocenters. The van der Waals surface area contributed by atoms with Gasteiger partial charge < -0.3 is 11.1 Å². The van der Waals surface area contributed by atoms with Crippen LogP contribution < -0.4 is 11.1 Å². The molecule has 1 atom stereocenters. The Morgan fingerprint density at radius 3 is 2.77 bits per heavy atom. The highest BCUT2D eigenvalue weighted by Gasteiger charge is 2.21. The third-order valence-electron chi connectivity index (χ3n) is 2.58. The van der Waals surface area contributed by atoms with Gasteiger partial charge in [0.1, 0.15) is 0 Å². The van der Waals surface area contributed by atoms with Gasteiger partial charge in [0.25, 0.3) is 0 Å². The highest BCUT2D eigenvalue weighted by molar-refractivity contribution is 6.30.